The maximum atomic E-state index is 13.8. The molecule has 5 rings (SSSR count). The molecule has 1 spiro atoms. The van der Waals surface area contributed by atoms with Gasteiger partial charge in [0.2, 0.25) is 11.8 Å². The molecule has 3 aliphatic rings. The Bertz CT molecular complexity index is 1160. The van der Waals surface area contributed by atoms with Gasteiger partial charge in [-0.2, -0.15) is 0 Å². The highest BCUT2D eigenvalue weighted by Crippen LogP contribution is 2.36. The summed E-state index contributed by atoms with van der Waals surface area (Å²) in [4.78, 5) is 31.9. The van der Waals surface area contributed by atoms with Gasteiger partial charge in [0, 0.05) is 26.2 Å². The molecule has 2 saturated heterocycles. The Labute approximate surface area is 257 Å². The first kappa shape index (κ1) is 32.2. The molecule has 1 saturated carbocycles. The molecular formula is C34H48ClN3O4. The third-order valence-corrected chi connectivity index (χ3v) is 9.43. The summed E-state index contributed by atoms with van der Waals surface area (Å²) in [5, 5.41) is 3.22. The van der Waals surface area contributed by atoms with Crippen molar-refractivity contribution in [3.05, 3.63) is 54.1 Å². The van der Waals surface area contributed by atoms with Crippen molar-refractivity contribution in [2.75, 3.05) is 33.3 Å². The van der Waals surface area contributed by atoms with E-state index in [1.807, 2.05) is 41.3 Å². The normalized spacial score (nSPS) is 21.1. The fourth-order valence-electron chi connectivity index (χ4n) is 6.91. The van der Waals surface area contributed by atoms with E-state index in [0.29, 0.717) is 25.3 Å². The van der Waals surface area contributed by atoms with Crippen molar-refractivity contribution in [3.8, 4) is 17.2 Å². The molecule has 2 aliphatic heterocycles. The molecule has 2 aromatic carbocycles. The van der Waals surface area contributed by atoms with Crippen molar-refractivity contribution in [3.63, 3.8) is 0 Å². The van der Waals surface area contributed by atoms with Crippen molar-refractivity contribution >= 4 is 24.2 Å². The molecule has 0 radical (unpaired) electrons. The van der Waals surface area contributed by atoms with Crippen molar-refractivity contribution in [2.24, 2.45) is 5.92 Å². The van der Waals surface area contributed by atoms with E-state index in [1.165, 1.54) is 37.7 Å². The molecular weight excluding hydrogens is 550 g/mol. The van der Waals surface area contributed by atoms with Crippen LogP contribution in [0.2, 0.25) is 0 Å². The number of carbonyl (C=O) groups is 2. The number of amides is 2. The third-order valence-electron chi connectivity index (χ3n) is 9.43. The van der Waals surface area contributed by atoms with Crippen LogP contribution in [0.15, 0.2) is 48.5 Å². The number of halogens is 1. The minimum atomic E-state index is -0.696. The lowest BCUT2D eigenvalue weighted by atomic mass is 9.79. The van der Waals surface area contributed by atoms with Gasteiger partial charge in [-0.15, -0.1) is 12.4 Å². The number of rotatable bonds is 11. The Balaban J connectivity index is 0.00000405. The molecule has 2 aromatic rings. The number of unbranched alkanes of at least 4 members (excludes halogenated alkanes) is 1. The Hall–Kier alpha value is -2.77. The number of piperazine rings is 1. The fourth-order valence-corrected chi connectivity index (χ4v) is 6.91. The van der Waals surface area contributed by atoms with Gasteiger partial charge in [-0.3, -0.25) is 9.59 Å². The van der Waals surface area contributed by atoms with Gasteiger partial charge in [-0.05, 0) is 80.0 Å². The van der Waals surface area contributed by atoms with Crippen LogP contribution in [0.1, 0.15) is 76.7 Å². The molecule has 2 heterocycles. The molecule has 3 fully saturated rings. The number of nitrogens with zero attached hydrogens (tertiary/aromatic N) is 2. The van der Waals surface area contributed by atoms with Gasteiger partial charge in [0.15, 0.2) is 0 Å². The van der Waals surface area contributed by atoms with Crippen LogP contribution in [-0.2, 0) is 16.0 Å². The van der Waals surface area contributed by atoms with Crippen LogP contribution in [0, 0.1) is 5.92 Å². The number of ether oxygens (including phenoxy) is 2. The molecule has 7 nitrogen and oxygen atoms in total. The topological polar surface area (TPSA) is 71.1 Å². The molecule has 8 heteroatoms. The summed E-state index contributed by atoms with van der Waals surface area (Å²) >= 11 is 0. The highest BCUT2D eigenvalue weighted by molar-refractivity contribution is 6.00. The summed E-state index contributed by atoms with van der Waals surface area (Å²) in [7, 11) is 1.65. The van der Waals surface area contributed by atoms with Crippen LogP contribution in [0.3, 0.4) is 0 Å². The van der Waals surface area contributed by atoms with Crippen LogP contribution in [-0.4, -0.2) is 66.5 Å². The number of hydrogen-bond acceptors (Lipinski definition) is 5. The van der Waals surface area contributed by atoms with Gasteiger partial charge in [0.05, 0.1) is 7.11 Å². The average molecular weight is 598 g/mol. The number of likely N-dealkylation sites (tertiary alicyclic amines) is 1. The second kappa shape index (κ2) is 15.1. The van der Waals surface area contributed by atoms with Crippen molar-refractivity contribution in [1.29, 1.82) is 0 Å². The van der Waals surface area contributed by atoms with Gasteiger partial charge >= 0.3 is 0 Å². The molecule has 0 unspecified atom stereocenters. The maximum Gasteiger partial charge on any atom is 0.246 e. The minimum absolute atomic E-state index is 0. The molecule has 1 N–H and O–H groups in total. The Morgan fingerprint density at radius 1 is 0.929 bits per heavy atom. The summed E-state index contributed by atoms with van der Waals surface area (Å²) in [6.07, 6.45) is 11.2. The summed E-state index contributed by atoms with van der Waals surface area (Å²) in [5.41, 5.74) is 0.523. The van der Waals surface area contributed by atoms with Crippen molar-refractivity contribution in [2.45, 2.75) is 89.1 Å². The Kier molecular flexibility index (Phi) is 11.6. The second-order valence-electron chi connectivity index (χ2n) is 12.2. The van der Waals surface area contributed by atoms with E-state index in [2.05, 4.69) is 29.3 Å². The van der Waals surface area contributed by atoms with E-state index in [9.17, 15) is 9.59 Å². The van der Waals surface area contributed by atoms with E-state index in [-0.39, 0.29) is 30.3 Å². The van der Waals surface area contributed by atoms with E-state index < -0.39 is 5.54 Å². The smallest absolute Gasteiger partial charge is 0.246 e. The van der Waals surface area contributed by atoms with Gasteiger partial charge in [0.1, 0.15) is 28.8 Å². The molecule has 1 aliphatic carbocycles. The standard InChI is InChI=1S/C34H47N3O4.ClH/c1-3-4-20-37-32(38)31(25-26-9-6-5-7-10-26)35-33(39)34(37)18-22-36(23-19-34)21-17-27-11-8-12-30(24-27)41-29-15-13-28(40-2)14-16-29;/h8,11-16,24,26,31H,3-7,9-10,17-23,25H2,1-2H3,(H,35,39);1H/t31-;/m0./s1. The van der Waals surface area contributed by atoms with Crippen molar-refractivity contribution < 1.29 is 19.1 Å². The largest absolute Gasteiger partial charge is 0.497 e. The predicted octanol–water partition coefficient (Wildman–Crippen LogP) is 6.38. The highest BCUT2D eigenvalue weighted by Gasteiger charge is 2.53. The third kappa shape index (κ3) is 7.59. The monoisotopic (exact) mass is 597 g/mol. The van der Waals surface area contributed by atoms with E-state index >= 15 is 0 Å². The summed E-state index contributed by atoms with van der Waals surface area (Å²) in [6.45, 7) is 5.39. The highest BCUT2D eigenvalue weighted by atomic mass is 35.5. The quantitative estimate of drug-likeness (QED) is 0.325. The first-order valence-electron chi connectivity index (χ1n) is 15.8. The maximum absolute atomic E-state index is 13.8. The summed E-state index contributed by atoms with van der Waals surface area (Å²) < 4.78 is 11.3. The summed E-state index contributed by atoms with van der Waals surface area (Å²) in [6, 6.07) is 15.5. The lowest BCUT2D eigenvalue weighted by Crippen LogP contribution is -2.73. The van der Waals surface area contributed by atoms with Crippen LogP contribution >= 0.6 is 12.4 Å². The molecule has 0 bridgehead atoms. The molecule has 42 heavy (non-hydrogen) atoms. The zero-order chi connectivity index (χ0) is 28.7. The van der Waals surface area contributed by atoms with Crippen LogP contribution in [0.5, 0.6) is 17.2 Å². The zero-order valence-corrected chi connectivity index (χ0v) is 26.1. The average Bonchev–Trinajstić information content (AvgIpc) is 3.01. The van der Waals surface area contributed by atoms with Gasteiger partial charge in [0.25, 0.3) is 0 Å². The number of hydrogen-bond donors (Lipinski definition) is 1. The zero-order valence-electron chi connectivity index (χ0n) is 25.3. The Morgan fingerprint density at radius 3 is 2.33 bits per heavy atom. The molecule has 0 aromatic heterocycles. The number of methoxy groups -OCH3 is 1. The Morgan fingerprint density at radius 2 is 1.64 bits per heavy atom. The fraction of sp³-hybridized carbons (Fsp3) is 0.588. The summed E-state index contributed by atoms with van der Waals surface area (Å²) in [5.74, 6) is 3.19. The predicted molar refractivity (Wildman–Crippen MR) is 169 cm³/mol. The van der Waals surface area contributed by atoms with Gasteiger partial charge in [-0.1, -0.05) is 57.6 Å². The van der Waals surface area contributed by atoms with E-state index in [4.69, 9.17) is 9.47 Å². The first-order chi connectivity index (χ1) is 20.0. The van der Waals surface area contributed by atoms with Crippen LogP contribution in [0.4, 0.5) is 0 Å². The van der Waals surface area contributed by atoms with E-state index in [1.54, 1.807) is 7.11 Å². The van der Waals surface area contributed by atoms with Crippen molar-refractivity contribution in [1.82, 2.24) is 15.1 Å². The number of nitrogens with one attached hydrogen (secondary N) is 1. The molecule has 2 amide bonds. The lowest BCUT2D eigenvalue weighted by molar-refractivity contribution is -0.161. The molecule has 1 atom stereocenters. The molecule has 230 valence electrons. The van der Waals surface area contributed by atoms with Crippen LogP contribution in [0.25, 0.3) is 0 Å². The number of benzene rings is 2. The van der Waals surface area contributed by atoms with Crippen LogP contribution < -0.4 is 14.8 Å². The lowest BCUT2D eigenvalue weighted by Gasteiger charge is -2.52. The SMILES string of the molecule is CCCCN1C(=O)[C@H](CC2CCCCC2)NC(=O)C12CCN(CCc1cccc(Oc3ccc(OC)cc3)c1)CC2.Cl. The second-order valence-corrected chi connectivity index (χ2v) is 12.2. The number of carbonyl (C=O) groups excluding carboxylic acids is 2. The van der Waals surface area contributed by atoms with Gasteiger partial charge < -0.3 is 24.6 Å². The van der Waals surface area contributed by atoms with E-state index in [0.717, 1.165) is 62.6 Å². The number of piperidine rings is 1. The van der Waals surface area contributed by atoms with Gasteiger partial charge in [-0.25, -0.2) is 0 Å². The minimum Gasteiger partial charge on any atom is -0.497 e. The first-order valence-corrected chi connectivity index (χ1v) is 15.8.